The van der Waals surface area contributed by atoms with Gasteiger partial charge in [0.25, 0.3) is 0 Å². The van der Waals surface area contributed by atoms with E-state index in [0.717, 1.165) is 11.6 Å². The Morgan fingerprint density at radius 2 is 1.79 bits per heavy atom. The van der Waals surface area contributed by atoms with Crippen LogP contribution in [-0.2, 0) is 6.42 Å². The Balaban J connectivity index is 2.05. The van der Waals surface area contributed by atoms with Gasteiger partial charge in [0, 0.05) is 16.5 Å². The standard InChI is InChI=1S/C15H11Cl2FO/c16-11-3-1-2-10(8-11)4-7-15(19)13-6-5-12(17)9-14(13)18/h1-3,5-6,8-9H,4,7H2. The van der Waals surface area contributed by atoms with E-state index in [1.165, 1.54) is 12.1 Å². The first-order valence-corrected chi connectivity index (χ1v) is 6.54. The van der Waals surface area contributed by atoms with Crippen LogP contribution in [0.5, 0.6) is 0 Å². The second-order valence-electron chi connectivity index (χ2n) is 4.18. The van der Waals surface area contributed by atoms with Crippen molar-refractivity contribution in [3.8, 4) is 0 Å². The Hall–Kier alpha value is -1.38. The monoisotopic (exact) mass is 296 g/mol. The molecule has 0 aromatic heterocycles. The average molecular weight is 297 g/mol. The number of ketones is 1. The van der Waals surface area contributed by atoms with Gasteiger partial charge in [-0.15, -0.1) is 0 Å². The Morgan fingerprint density at radius 3 is 2.47 bits per heavy atom. The molecule has 1 nitrogen and oxygen atoms in total. The molecule has 4 heteroatoms. The number of rotatable bonds is 4. The molecule has 2 rings (SSSR count). The van der Waals surface area contributed by atoms with Crippen molar-refractivity contribution in [3.05, 3.63) is 69.5 Å². The molecule has 0 radical (unpaired) electrons. The highest BCUT2D eigenvalue weighted by molar-refractivity contribution is 6.31. The van der Waals surface area contributed by atoms with Gasteiger partial charge < -0.3 is 0 Å². The highest BCUT2D eigenvalue weighted by atomic mass is 35.5. The molecule has 0 aliphatic rings. The molecule has 0 saturated heterocycles. The number of benzene rings is 2. The molecule has 0 heterocycles. The third kappa shape index (κ3) is 3.79. The molecule has 0 fully saturated rings. The van der Waals surface area contributed by atoms with E-state index in [4.69, 9.17) is 23.2 Å². The van der Waals surface area contributed by atoms with Crippen LogP contribution in [0.4, 0.5) is 4.39 Å². The largest absolute Gasteiger partial charge is 0.294 e. The van der Waals surface area contributed by atoms with E-state index in [2.05, 4.69) is 0 Å². The Morgan fingerprint density at radius 1 is 1.05 bits per heavy atom. The number of carbonyl (C=O) groups excluding carboxylic acids is 1. The van der Waals surface area contributed by atoms with Crippen molar-refractivity contribution < 1.29 is 9.18 Å². The van der Waals surface area contributed by atoms with Gasteiger partial charge in [-0.25, -0.2) is 4.39 Å². The molecule has 0 atom stereocenters. The summed E-state index contributed by atoms with van der Waals surface area (Å²) in [6.45, 7) is 0. The molecule has 0 amide bonds. The van der Waals surface area contributed by atoms with Crippen molar-refractivity contribution in [1.29, 1.82) is 0 Å². The maximum Gasteiger partial charge on any atom is 0.166 e. The molecule has 19 heavy (non-hydrogen) atoms. The van der Waals surface area contributed by atoms with E-state index in [0.29, 0.717) is 11.4 Å². The molecule has 2 aromatic carbocycles. The lowest BCUT2D eigenvalue weighted by Gasteiger charge is -2.04. The Bertz CT molecular complexity index is 611. The first kappa shape index (κ1) is 14.0. The number of Topliss-reactive ketones (excluding diaryl/α,β-unsaturated/α-hetero) is 1. The van der Waals surface area contributed by atoms with Gasteiger partial charge in [0.05, 0.1) is 5.56 Å². The highest BCUT2D eigenvalue weighted by Gasteiger charge is 2.12. The van der Waals surface area contributed by atoms with Crippen LogP contribution in [0.2, 0.25) is 10.0 Å². The molecule has 0 aliphatic carbocycles. The lowest BCUT2D eigenvalue weighted by atomic mass is 10.0. The molecular weight excluding hydrogens is 286 g/mol. The van der Waals surface area contributed by atoms with E-state index >= 15 is 0 Å². The molecule has 2 aromatic rings. The quantitative estimate of drug-likeness (QED) is 0.730. The van der Waals surface area contributed by atoms with Gasteiger partial charge in [0.2, 0.25) is 0 Å². The van der Waals surface area contributed by atoms with Crippen LogP contribution in [0, 0.1) is 5.82 Å². The third-order valence-electron chi connectivity index (χ3n) is 2.76. The third-order valence-corrected chi connectivity index (χ3v) is 3.23. The molecule has 0 aliphatic heterocycles. The summed E-state index contributed by atoms with van der Waals surface area (Å²) in [5.41, 5.74) is 1.03. The fraction of sp³-hybridized carbons (Fsp3) is 0.133. The van der Waals surface area contributed by atoms with Gasteiger partial charge in [0.15, 0.2) is 5.78 Å². The van der Waals surface area contributed by atoms with Gasteiger partial charge in [0.1, 0.15) is 5.82 Å². The summed E-state index contributed by atoms with van der Waals surface area (Å²) in [7, 11) is 0. The maximum absolute atomic E-state index is 13.6. The van der Waals surface area contributed by atoms with Crippen LogP contribution in [0.25, 0.3) is 0 Å². The molecular formula is C15H11Cl2FO. The maximum atomic E-state index is 13.6. The molecule has 0 spiro atoms. The van der Waals surface area contributed by atoms with Crippen LogP contribution in [0.1, 0.15) is 22.3 Å². The summed E-state index contributed by atoms with van der Waals surface area (Å²) < 4.78 is 13.6. The van der Waals surface area contributed by atoms with Crippen LogP contribution in [0.3, 0.4) is 0 Å². The van der Waals surface area contributed by atoms with E-state index in [-0.39, 0.29) is 22.8 Å². The summed E-state index contributed by atoms with van der Waals surface area (Å²) in [6.07, 6.45) is 0.764. The average Bonchev–Trinajstić information content (AvgIpc) is 2.36. The Kier molecular flexibility index (Phi) is 4.56. The van der Waals surface area contributed by atoms with Gasteiger partial charge in [-0.1, -0.05) is 35.3 Å². The summed E-state index contributed by atoms with van der Waals surface area (Å²) >= 11 is 11.5. The van der Waals surface area contributed by atoms with Crippen molar-refractivity contribution in [1.82, 2.24) is 0 Å². The summed E-state index contributed by atoms with van der Waals surface area (Å²) in [6, 6.07) is 11.4. The Labute approximate surface area is 121 Å². The van der Waals surface area contributed by atoms with Crippen molar-refractivity contribution >= 4 is 29.0 Å². The van der Waals surface area contributed by atoms with Crippen LogP contribution in [-0.4, -0.2) is 5.78 Å². The van der Waals surface area contributed by atoms with Gasteiger partial charge in [-0.3, -0.25) is 4.79 Å². The summed E-state index contributed by atoms with van der Waals surface area (Å²) in [5.74, 6) is -0.822. The SMILES string of the molecule is O=C(CCc1cccc(Cl)c1)c1ccc(Cl)cc1F. The van der Waals surface area contributed by atoms with Crippen molar-refractivity contribution in [2.75, 3.05) is 0 Å². The number of aryl methyl sites for hydroxylation is 1. The number of hydrogen-bond acceptors (Lipinski definition) is 1. The van der Waals surface area contributed by atoms with Gasteiger partial charge in [-0.05, 0) is 42.3 Å². The van der Waals surface area contributed by atoms with Gasteiger partial charge in [-0.2, -0.15) is 0 Å². The minimum absolute atomic E-state index is 0.0754. The molecule has 98 valence electrons. The zero-order chi connectivity index (χ0) is 13.8. The molecule has 0 bridgehead atoms. The second-order valence-corrected chi connectivity index (χ2v) is 5.05. The summed E-state index contributed by atoms with van der Waals surface area (Å²) in [4.78, 5) is 11.9. The zero-order valence-electron chi connectivity index (χ0n) is 10.00. The van der Waals surface area contributed by atoms with Crippen molar-refractivity contribution in [3.63, 3.8) is 0 Å². The smallest absolute Gasteiger partial charge is 0.166 e. The van der Waals surface area contributed by atoms with Crippen molar-refractivity contribution in [2.45, 2.75) is 12.8 Å². The second kappa shape index (κ2) is 6.18. The van der Waals surface area contributed by atoms with E-state index in [1.54, 1.807) is 12.1 Å². The molecule has 0 unspecified atom stereocenters. The zero-order valence-corrected chi connectivity index (χ0v) is 11.5. The first-order valence-electron chi connectivity index (χ1n) is 5.79. The highest BCUT2D eigenvalue weighted by Crippen LogP contribution is 2.18. The number of hydrogen-bond donors (Lipinski definition) is 0. The minimum atomic E-state index is -0.580. The van der Waals surface area contributed by atoms with E-state index in [1.807, 2.05) is 12.1 Å². The van der Waals surface area contributed by atoms with Crippen LogP contribution in [0.15, 0.2) is 42.5 Å². The predicted molar refractivity (Wildman–Crippen MR) is 75.5 cm³/mol. The van der Waals surface area contributed by atoms with E-state index < -0.39 is 5.82 Å². The van der Waals surface area contributed by atoms with E-state index in [9.17, 15) is 9.18 Å². The van der Waals surface area contributed by atoms with Crippen molar-refractivity contribution in [2.24, 2.45) is 0 Å². The lowest BCUT2D eigenvalue weighted by molar-refractivity contribution is 0.0979. The van der Waals surface area contributed by atoms with Crippen LogP contribution >= 0.6 is 23.2 Å². The minimum Gasteiger partial charge on any atom is -0.294 e. The first-order chi connectivity index (χ1) is 9.06. The number of carbonyl (C=O) groups is 1. The topological polar surface area (TPSA) is 17.1 Å². The predicted octanol–water partition coefficient (Wildman–Crippen LogP) is 4.95. The summed E-state index contributed by atoms with van der Waals surface area (Å²) in [5, 5.41) is 0.909. The normalized spacial score (nSPS) is 10.5. The fourth-order valence-corrected chi connectivity index (χ4v) is 2.17. The fourth-order valence-electron chi connectivity index (χ4n) is 1.80. The van der Waals surface area contributed by atoms with Crippen LogP contribution < -0.4 is 0 Å². The molecule has 0 N–H and O–H groups in total. The van der Waals surface area contributed by atoms with Gasteiger partial charge >= 0.3 is 0 Å². The number of halogens is 3. The molecule has 0 saturated carbocycles. The lowest BCUT2D eigenvalue weighted by Crippen LogP contribution is -2.04.